The predicted octanol–water partition coefficient (Wildman–Crippen LogP) is 0.334. The summed E-state index contributed by atoms with van der Waals surface area (Å²) in [6, 6.07) is -0.0261. The van der Waals surface area contributed by atoms with Crippen molar-refractivity contribution < 1.29 is 9.84 Å². The molecule has 0 aliphatic rings. The van der Waals surface area contributed by atoms with E-state index in [1.54, 1.807) is 13.3 Å². The highest BCUT2D eigenvalue weighted by Gasteiger charge is 2.11. The number of aromatic nitrogens is 2. The molecule has 1 atom stereocenters. The summed E-state index contributed by atoms with van der Waals surface area (Å²) in [5.41, 5.74) is 2.37. The van der Waals surface area contributed by atoms with Crippen LogP contribution in [-0.4, -0.2) is 41.4 Å². The number of hydrogen-bond acceptors (Lipinski definition) is 7. The quantitative estimate of drug-likeness (QED) is 0.425. The lowest BCUT2D eigenvalue weighted by atomic mass is 10.2. The van der Waals surface area contributed by atoms with E-state index in [0.29, 0.717) is 24.8 Å². The molecule has 0 radical (unpaired) electrons. The molecule has 0 saturated heterocycles. The van der Waals surface area contributed by atoms with E-state index >= 15 is 0 Å². The van der Waals surface area contributed by atoms with Crippen LogP contribution >= 0.6 is 15.9 Å². The SMILES string of the molecule is COCC(CCO)Nc1nc(NN)ncc1Br. The van der Waals surface area contributed by atoms with Crippen molar-refractivity contribution in [2.75, 3.05) is 31.1 Å². The van der Waals surface area contributed by atoms with Gasteiger partial charge < -0.3 is 15.2 Å². The van der Waals surface area contributed by atoms with Crippen LogP contribution in [0.15, 0.2) is 10.7 Å². The summed E-state index contributed by atoms with van der Waals surface area (Å²) < 4.78 is 5.77. The number of anilines is 2. The van der Waals surface area contributed by atoms with Gasteiger partial charge in [0, 0.05) is 19.9 Å². The predicted molar refractivity (Wildman–Crippen MR) is 68.5 cm³/mol. The van der Waals surface area contributed by atoms with E-state index in [1.807, 2.05) is 0 Å². The van der Waals surface area contributed by atoms with Gasteiger partial charge >= 0.3 is 0 Å². The molecule has 0 bridgehead atoms. The minimum atomic E-state index is -0.0261. The minimum absolute atomic E-state index is 0.0261. The molecule has 1 aromatic rings. The van der Waals surface area contributed by atoms with Crippen molar-refractivity contribution >= 4 is 27.7 Å². The number of rotatable bonds is 7. The van der Waals surface area contributed by atoms with Crippen molar-refractivity contribution in [2.24, 2.45) is 5.84 Å². The van der Waals surface area contributed by atoms with Gasteiger partial charge in [0.2, 0.25) is 5.95 Å². The normalized spacial score (nSPS) is 12.2. The van der Waals surface area contributed by atoms with Crippen molar-refractivity contribution in [1.29, 1.82) is 0 Å². The summed E-state index contributed by atoms with van der Waals surface area (Å²) in [5, 5.41) is 12.1. The number of methoxy groups -OCH3 is 1. The molecular weight excluding hydrogens is 290 g/mol. The standard InChI is InChI=1S/C9H16BrN5O2/c1-17-5-6(2-3-16)13-8-7(10)4-12-9(14-8)15-11/h4,6,16H,2-3,5,11H2,1H3,(H2,12,13,14,15). The molecule has 0 aliphatic carbocycles. The second kappa shape index (κ2) is 7.38. The average molecular weight is 306 g/mol. The van der Waals surface area contributed by atoms with Gasteiger partial charge in [0.15, 0.2) is 0 Å². The molecule has 8 heteroatoms. The summed E-state index contributed by atoms with van der Waals surface area (Å²) in [5.74, 6) is 6.15. The summed E-state index contributed by atoms with van der Waals surface area (Å²) in [6.07, 6.45) is 2.16. The van der Waals surface area contributed by atoms with Crippen molar-refractivity contribution in [1.82, 2.24) is 9.97 Å². The molecule has 0 amide bonds. The zero-order valence-electron chi connectivity index (χ0n) is 9.48. The zero-order chi connectivity index (χ0) is 12.7. The van der Waals surface area contributed by atoms with Crippen molar-refractivity contribution in [3.05, 3.63) is 10.7 Å². The van der Waals surface area contributed by atoms with Gasteiger partial charge in [0.1, 0.15) is 5.82 Å². The molecule has 17 heavy (non-hydrogen) atoms. The van der Waals surface area contributed by atoms with Crippen molar-refractivity contribution in [2.45, 2.75) is 12.5 Å². The first-order valence-corrected chi connectivity index (χ1v) is 5.86. The molecule has 1 rings (SSSR count). The van der Waals surface area contributed by atoms with Crippen LogP contribution in [0.4, 0.5) is 11.8 Å². The largest absolute Gasteiger partial charge is 0.396 e. The fourth-order valence-electron chi connectivity index (χ4n) is 1.29. The Morgan fingerprint density at radius 2 is 2.41 bits per heavy atom. The maximum Gasteiger partial charge on any atom is 0.239 e. The number of aliphatic hydroxyl groups is 1. The molecule has 0 spiro atoms. The number of nitrogens with two attached hydrogens (primary N) is 1. The Labute approximate surface area is 108 Å². The lowest BCUT2D eigenvalue weighted by molar-refractivity contribution is 0.170. The first-order chi connectivity index (χ1) is 8.21. The lowest BCUT2D eigenvalue weighted by Gasteiger charge is -2.18. The second-order valence-corrected chi connectivity index (χ2v) is 4.20. The van der Waals surface area contributed by atoms with Gasteiger partial charge in [-0.3, -0.25) is 5.43 Å². The number of aliphatic hydroxyl groups excluding tert-OH is 1. The summed E-state index contributed by atoms with van der Waals surface area (Å²) >= 11 is 3.33. The van der Waals surface area contributed by atoms with Crippen LogP contribution < -0.4 is 16.6 Å². The van der Waals surface area contributed by atoms with E-state index in [0.717, 1.165) is 4.47 Å². The molecular formula is C9H16BrN5O2. The summed E-state index contributed by atoms with van der Waals surface area (Å²) in [6.45, 7) is 0.550. The summed E-state index contributed by atoms with van der Waals surface area (Å²) in [7, 11) is 1.61. The van der Waals surface area contributed by atoms with E-state index in [-0.39, 0.29) is 12.6 Å². The third kappa shape index (κ3) is 4.43. The molecule has 0 aromatic carbocycles. The minimum Gasteiger partial charge on any atom is -0.396 e. The third-order valence-electron chi connectivity index (χ3n) is 2.06. The summed E-state index contributed by atoms with van der Waals surface area (Å²) in [4.78, 5) is 8.09. The van der Waals surface area contributed by atoms with Gasteiger partial charge in [-0.1, -0.05) is 0 Å². The van der Waals surface area contributed by atoms with Crippen LogP contribution in [0.2, 0.25) is 0 Å². The van der Waals surface area contributed by atoms with Crippen LogP contribution in [0, 0.1) is 0 Å². The van der Waals surface area contributed by atoms with Crippen LogP contribution in [0.25, 0.3) is 0 Å². The van der Waals surface area contributed by atoms with E-state index in [4.69, 9.17) is 15.7 Å². The lowest BCUT2D eigenvalue weighted by Crippen LogP contribution is -2.27. The van der Waals surface area contributed by atoms with Crippen molar-refractivity contribution in [3.8, 4) is 0 Å². The fraction of sp³-hybridized carbons (Fsp3) is 0.556. The highest BCUT2D eigenvalue weighted by atomic mass is 79.9. The van der Waals surface area contributed by atoms with E-state index in [2.05, 4.69) is 36.6 Å². The second-order valence-electron chi connectivity index (χ2n) is 3.34. The van der Waals surface area contributed by atoms with Crippen molar-refractivity contribution in [3.63, 3.8) is 0 Å². The Morgan fingerprint density at radius 1 is 1.65 bits per heavy atom. The van der Waals surface area contributed by atoms with Gasteiger partial charge in [-0.25, -0.2) is 10.8 Å². The van der Waals surface area contributed by atoms with E-state index in [1.165, 1.54) is 0 Å². The molecule has 0 fully saturated rings. The van der Waals surface area contributed by atoms with Crippen LogP contribution in [-0.2, 0) is 4.74 Å². The number of nitrogens with one attached hydrogen (secondary N) is 2. The molecule has 7 nitrogen and oxygen atoms in total. The van der Waals surface area contributed by atoms with Gasteiger partial charge in [0.25, 0.3) is 0 Å². The van der Waals surface area contributed by atoms with Crippen LogP contribution in [0.5, 0.6) is 0 Å². The Kier molecular flexibility index (Phi) is 6.12. The maximum atomic E-state index is 8.94. The number of hydrogen-bond donors (Lipinski definition) is 4. The Morgan fingerprint density at radius 3 is 3.00 bits per heavy atom. The van der Waals surface area contributed by atoms with Crippen LogP contribution in [0.1, 0.15) is 6.42 Å². The number of ether oxygens (including phenoxy) is 1. The van der Waals surface area contributed by atoms with Gasteiger partial charge in [-0.15, -0.1) is 0 Å². The average Bonchev–Trinajstić information content (AvgIpc) is 2.32. The molecule has 0 saturated carbocycles. The number of halogens is 1. The first-order valence-electron chi connectivity index (χ1n) is 5.06. The monoisotopic (exact) mass is 305 g/mol. The number of nitrogens with zero attached hydrogens (tertiary/aromatic N) is 2. The fourth-order valence-corrected chi connectivity index (χ4v) is 1.59. The smallest absolute Gasteiger partial charge is 0.239 e. The maximum absolute atomic E-state index is 8.94. The van der Waals surface area contributed by atoms with E-state index in [9.17, 15) is 0 Å². The Bertz CT molecular complexity index is 346. The first kappa shape index (κ1) is 14.1. The molecule has 1 heterocycles. The van der Waals surface area contributed by atoms with Crippen LogP contribution in [0.3, 0.4) is 0 Å². The topological polar surface area (TPSA) is 105 Å². The van der Waals surface area contributed by atoms with E-state index < -0.39 is 0 Å². The van der Waals surface area contributed by atoms with Gasteiger partial charge in [-0.2, -0.15) is 4.98 Å². The third-order valence-corrected chi connectivity index (χ3v) is 2.64. The van der Waals surface area contributed by atoms with Gasteiger partial charge in [-0.05, 0) is 22.4 Å². The zero-order valence-corrected chi connectivity index (χ0v) is 11.1. The van der Waals surface area contributed by atoms with Gasteiger partial charge in [0.05, 0.1) is 17.1 Å². The number of nitrogen functional groups attached to an aromatic ring is 1. The molecule has 1 unspecified atom stereocenters. The Balaban J connectivity index is 2.76. The molecule has 1 aromatic heterocycles. The molecule has 96 valence electrons. The Hall–Kier alpha value is -0.960. The number of hydrazine groups is 1. The highest BCUT2D eigenvalue weighted by molar-refractivity contribution is 9.10. The molecule has 5 N–H and O–H groups in total. The highest BCUT2D eigenvalue weighted by Crippen LogP contribution is 2.21. The molecule has 0 aliphatic heterocycles.